The van der Waals surface area contributed by atoms with Gasteiger partial charge in [-0.25, -0.2) is 13.1 Å². The van der Waals surface area contributed by atoms with Crippen molar-refractivity contribution in [2.75, 3.05) is 18.1 Å². The molecule has 0 fully saturated rings. The third-order valence-corrected chi connectivity index (χ3v) is 5.73. The molecule has 0 unspecified atom stereocenters. The number of nitrogens with one attached hydrogen (secondary N) is 2. The lowest BCUT2D eigenvalue weighted by Crippen LogP contribution is -2.28. The van der Waals surface area contributed by atoms with E-state index in [2.05, 4.69) is 10.0 Å². The second kappa shape index (κ2) is 8.98. The number of benzene rings is 2. The summed E-state index contributed by atoms with van der Waals surface area (Å²) in [5, 5.41) is 2.73. The van der Waals surface area contributed by atoms with Gasteiger partial charge >= 0.3 is 0 Å². The Morgan fingerprint density at radius 1 is 1.08 bits per heavy atom. The van der Waals surface area contributed by atoms with Crippen molar-refractivity contribution in [2.45, 2.75) is 23.1 Å². The summed E-state index contributed by atoms with van der Waals surface area (Å²) >= 11 is 1.57. The van der Waals surface area contributed by atoms with Gasteiger partial charge in [0.2, 0.25) is 15.9 Å². The van der Waals surface area contributed by atoms with Gasteiger partial charge in [-0.05, 0) is 43.5 Å². The first-order chi connectivity index (χ1) is 12.3. The summed E-state index contributed by atoms with van der Waals surface area (Å²) in [4.78, 5) is 24.4. The summed E-state index contributed by atoms with van der Waals surface area (Å²) in [6, 6.07) is 13.2. The monoisotopic (exact) mass is 392 g/mol. The number of hydrogen-bond donors (Lipinski definition) is 2. The van der Waals surface area contributed by atoms with Crippen LogP contribution >= 0.6 is 11.8 Å². The van der Waals surface area contributed by atoms with Crippen LogP contribution in [0, 0.1) is 0 Å². The van der Waals surface area contributed by atoms with Gasteiger partial charge in [-0.15, -0.1) is 11.8 Å². The minimum absolute atomic E-state index is 0.00159. The van der Waals surface area contributed by atoms with Gasteiger partial charge in [0.1, 0.15) is 0 Å². The molecule has 0 heterocycles. The van der Waals surface area contributed by atoms with E-state index in [1.54, 1.807) is 23.9 Å². The highest BCUT2D eigenvalue weighted by Crippen LogP contribution is 2.19. The molecule has 2 aromatic rings. The molecule has 2 rings (SSSR count). The number of thioether (sulfide) groups is 1. The Morgan fingerprint density at radius 3 is 2.50 bits per heavy atom. The van der Waals surface area contributed by atoms with Crippen molar-refractivity contribution < 1.29 is 18.0 Å². The maximum atomic E-state index is 12.3. The van der Waals surface area contributed by atoms with E-state index < -0.39 is 10.0 Å². The molecular formula is C18H20N2O4S2. The number of anilines is 1. The summed E-state index contributed by atoms with van der Waals surface area (Å²) < 4.78 is 26.9. The highest BCUT2D eigenvalue weighted by Gasteiger charge is 2.15. The van der Waals surface area contributed by atoms with Gasteiger partial charge in [-0.3, -0.25) is 9.59 Å². The van der Waals surface area contributed by atoms with Crippen molar-refractivity contribution in [1.29, 1.82) is 0 Å². The van der Waals surface area contributed by atoms with Gasteiger partial charge in [0.25, 0.3) is 0 Å². The predicted molar refractivity (Wildman–Crippen MR) is 103 cm³/mol. The van der Waals surface area contributed by atoms with Crippen molar-refractivity contribution in [3.8, 4) is 0 Å². The summed E-state index contributed by atoms with van der Waals surface area (Å²) in [5.41, 5.74) is 0.984. The molecule has 0 spiro atoms. The molecule has 1 amide bonds. The maximum Gasteiger partial charge on any atom is 0.240 e. The molecule has 6 nitrogen and oxygen atoms in total. The third kappa shape index (κ3) is 5.69. The largest absolute Gasteiger partial charge is 0.326 e. The number of ketones is 1. The predicted octanol–water partition coefficient (Wildman–Crippen LogP) is 2.92. The Kier molecular flexibility index (Phi) is 6.96. The second-order valence-corrected chi connectivity index (χ2v) is 8.16. The smallest absolute Gasteiger partial charge is 0.240 e. The van der Waals surface area contributed by atoms with Crippen LogP contribution in [-0.2, 0) is 14.8 Å². The molecule has 0 aliphatic heterocycles. The molecule has 138 valence electrons. The van der Waals surface area contributed by atoms with Crippen molar-refractivity contribution in [1.82, 2.24) is 4.72 Å². The highest BCUT2D eigenvalue weighted by molar-refractivity contribution is 7.98. The first-order valence-corrected chi connectivity index (χ1v) is 10.6. The lowest BCUT2D eigenvalue weighted by atomic mass is 10.2. The van der Waals surface area contributed by atoms with Crippen LogP contribution < -0.4 is 10.0 Å². The van der Waals surface area contributed by atoms with Gasteiger partial charge in [0.15, 0.2) is 5.78 Å². The van der Waals surface area contributed by atoms with E-state index in [9.17, 15) is 18.0 Å². The number of carbonyl (C=O) groups excluding carboxylic acids is 2. The first-order valence-electron chi connectivity index (χ1n) is 7.86. The zero-order chi connectivity index (χ0) is 19.2. The zero-order valence-corrected chi connectivity index (χ0v) is 16.1. The van der Waals surface area contributed by atoms with Crippen LogP contribution in [0.2, 0.25) is 0 Å². The molecule has 0 bridgehead atoms. The molecule has 2 N–H and O–H groups in total. The van der Waals surface area contributed by atoms with Crippen LogP contribution in [-0.4, -0.2) is 32.9 Å². The number of hydrogen-bond acceptors (Lipinski definition) is 5. The van der Waals surface area contributed by atoms with E-state index in [1.165, 1.54) is 25.1 Å². The average molecular weight is 393 g/mol. The van der Waals surface area contributed by atoms with Gasteiger partial charge < -0.3 is 5.32 Å². The van der Waals surface area contributed by atoms with Gasteiger partial charge in [0.05, 0.1) is 4.90 Å². The average Bonchev–Trinajstić information content (AvgIpc) is 2.61. The van der Waals surface area contributed by atoms with E-state index in [-0.39, 0.29) is 29.6 Å². The van der Waals surface area contributed by atoms with Crippen LogP contribution in [0.3, 0.4) is 0 Å². The summed E-state index contributed by atoms with van der Waals surface area (Å²) in [6.07, 6.45) is 1.94. The summed E-state index contributed by atoms with van der Waals surface area (Å²) in [5.74, 6) is -0.502. The van der Waals surface area contributed by atoms with Crippen LogP contribution in [0.1, 0.15) is 23.7 Å². The molecular weight excluding hydrogens is 372 g/mol. The number of sulfonamides is 1. The lowest BCUT2D eigenvalue weighted by molar-refractivity contribution is -0.116. The molecule has 0 saturated carbocycles. The van der Waals surface area contributed by atoms with Gasteiger partial charge in [-0.2, -0.15) is 0 Å². The fourth-order valence-electron chi connectivity index (χ4n) is 2.19. The molecule has 0 aliphatic carbocycles. The van der Waals surface area contributed by atoms with Crippen LogP contribution in [0.25, 0.3) is 0 Å². The van der Waals surface area contributed by atoms with E-state index in [0.717, 1.165) is 4.90 Å². The minimum Gasteiger partial charge on any atom is -0.326 e. The Balaban J connectivity index is 1.92. The van der Waals surface area contributed by atoms with Crippen molar-refractivity contribution >= 4 is 39.2 Å². The van der Waals surface area contributed by atoms with Crippen LogP contribution in [0.5, 0.6) is 0 Å². The molecule has 0 radical (unpaired) electrons. The number of Topliss-reactive ketones (excluding diaryl/α,β-unsaturated/α-hetero) is 1. The molecule has 8 heteroatoms. The number of carbonyl (C=O) groups is 2. The summed E-state index contributed by atoms with van der Waals surface area (Å²) in [6.45, 7) is 1.33. The van der Waals surface area contributed by atoms with Gasteiger partial charge in [-0.1, -0.05) is 18.2 Å². The van der Waals surface area contributed by atoms with Crippen molar-refractivity contribution in [3.05, 3.63) is 54.1 Å². The molecule has 26 heavy (non-hydrogen) atoms. The Labute approximate surface area is 157 Å². The topological polar surface area (TPSA) is 92.3 Å². The molecule has 0 aromatic heterocycles. The SMILES string of the molecule is CSc1cccc(NC(=O)CCNS(=O)(=O)c2cccc(C(C)=O)c2)c1. The van der Waals surface area contributed by atoms with Crippen molar-refractivity contribution in [3.63, 3.8) is 0 Å². The van der Waals surface area contributed by atoms with Crippen LogP contribution in [0.4, 0.5) is 5.69 Å². The Hall–Kier alpha value is -2.16. The lowest BCUT2D eigenvalue weighted by Gasteiger charge is -2.09. The fraction of sp³-hybridized carbons (Fsp3) is 0.222. The molecule has 0 saturated heterocycles. The highest BCUT2D eigenvalue weighted by atomic mass is 32.2. The molecule has 2 aromatic carbocycles. The third-order valence-electron chi connectivity index (χ3n) is 3.55. The van der Waals surface area contributed by atoms with E-state index in [4.69, 9.17) is 0 Å². The Bertz CT molecular complexity index is 911. The van der Waals surface area contributed by atoms with E-state index in [1.807, 2.05) is 24.5 Å². The second-order valence-electron chi connectivity index (χ2n) is 5.51. The normalized spacial score (nSPS) is 11.2. The van der Waals surface area contributed by atoms with Crippen molar-refractivity contribution in [2.24, 2.45) is 0 Å². The number of rotatable bonds is 8. The quantitative estimate of drug-likeness (QED) is 0.532. The summed E-state index contributed by atoms with van der Waals surface area (Å²) in [7, 11) is -3.78. The van der Waals surface area contributed by atoms with E-state index in [0.29, 0.717) is 11.3 Å². The number of amides is 1. The molecule has 0 aliphatic rings. The molecule has 0 atom stereocenters. The Morgan fingerprint density at radius 2 is 1.81 bits per heavy atom. The first kappa shape index (κ1) is 20.2. The van der Waals surface area contributed by atoms with Gasteiger partial charge in [0, 0.05) is 29.1 Å². The fourth-order valence-corrected chi connectivity index (χ4v) is 3.73. The van der Waals surface area contributed by atoms with Crippen LogP contribution in [0.15, 0.2) is 58.3 Å². The minimum atomic E-state index is -3.78. The van der Waals surface area contributed by atoms with E-state index >= 15 is 0 Å². The standard InChI is InChI=1S/C18H20N2O4S2/c1-13(21)14-5-3-8-17(11-14)26(23,24)19-10-9-18(22)20-15-6-4-7-16(12-15)25-2/h3-8,11-12,19H,9-10H2,1-2H3,(H,20,22). The maximum absolute atomic E-state index is 12.3. The zero-order valence-electron chi connectivity index (χ0n) is 14.5.